The number of rotatable bonds is 2. The first-order chi connectivity index (χ1) is 9.22. The third-order valence-electron chi connectivity index (χ3n) is 4.05. The number of hydrogen-bond donors (Lipinski definition) is 0. The quantitative estimate of drug-likeness (QED) is 0.620. The first-order valence-corrected chi connectivity index (χ1v) is 7.68. The average Bonchev–Trinajstić information content (AvgIpc) is 2.73. The Bertz CT molecular complexity index is 480. The molecular formula is C14H19BrN4. The van der Waals surface area contributed by atoms with Crippen LogP contribution in [0.3, 0.4) is 0 Å². The van der Waals surface area contributed by atoms with E-state index in [-0.39, 0.29) is 0 Å². The van der Waals surface area contributed by atoms with Gasteiger partial charge in [0.25, 0.3) is 0 Å². The summed E-state index contributed by atoms with van der Waals surface area (Å²) in [5, 5.41) is 6.74. The van der Waals surface area contributed by atoms with E-state index >= 15 is 0 Å². The first kappa shape index (κ1) is 13.1. The molecule has 3 fully saturated rings. The van der Waals surface area contributed by atoms with E-state index in [4.69, 9.17) is 5.10 Å². The van der Waals surface area contributed by atoms with Crippen molar-refractivity contribution in [3.63, 3.8) is 0 Å². The Balaban J connectivity index is 1.80. The van der Waals surface area contributed by atoms with Crippen LogP contribution in [0.4, 0.5) is 5.82 Å². The van der Waals surface area contributed by atoms with Crippen molar-refractivity contribution >= 4 is 27.5 Å². The Morgan fingerprint density at radius 2 is 2.11 bits per heavy atom. The topological polar surface area (TPSA) is 31.7 Å². The second kappa shape index (κ2) is 5.59. The Hall–Kier alpha value is -0.940. The Morgan fingerprint density at radius 3 is 2.84 bits per heavy atom. The van der Waals surface area contributed by atoms with Gasteiger partial charge in [-0.25, -0.2) is 4.98 Å². The predicted octanol–water partition coefficient (Wildman–Crippen LogP) is 2.75. The summed E-state index contributed by atoms with van der Waals surface area (Å²) in [5.41, 5.74) is 1.35. The van der Waals surface area contributed by atoms with Crippen LogP contribution >= 0.6 is 15.9 Å². The van der Waals surface area contributed by atoms with Gasteiger partial charge in [-0.15, -0.1) is 0 Å². The van der Waals surface area contributed by atoms with E-state index in [0.717, 1.165) is 23.4 Å². The van der Waals surface area contributed by atoms with Gasteiger partial charge < -0.3 is 4.90 Å². The molecular weight excluding hydrogens is 304 g/mol. The van der Waals surface area contributed by atoms with Crippen molar-refractivity contribution in [1.29, 1.82) is 0 Å². The van der Waals surface area contributed by atoms with E-state index in [9.17, 15) is 0 Å². The number of fused-ring (bicyclic) bond motifs is 4. The zero-order valence-corrected chi connectivity index (χ0v) is 12.8. The van der Waals surface area contributed by atoms with Crippen LogP contribution in [0.15, 0.2) is 27.9 Å². The molecule has 1 aromatic heterocycles. The molecule has 4 heterocycles. The highest BCUT2D eigenvalue weighted by molar-refractivity contribution is 9.10. The van der Waals surface area contributed by atoms with Gasteiger partial charge >= 0.3 is 0 Å². The number of piperidine rings is 1. The maximum atomic E-state index is 4.83. The second-order valence-corrected chi connectivity index (χ2v) is 6.11. The van der Waals surface area contributed by atoms with E-state index in [2.05, 4.69) is 25.8 Å². The zero-order valence-electron chi connectivity index (χ0n) is 11.2. The minimum Gasteiger partial charge on any atom is -0.303 e. The molecule has 4 nitrogen and oxygen atoms in total. The van der Waals surface area contributed by atoms with Gasteiger partial charge in [0, 0.05) is 31.6 Å². The molecule has 3 saturated heterocycles. The van der Waals surface area contributed by atoms with Crippen LogP contribution in [0, 0.1) is 5.92 Å². The number of aromatic nitrogens is 1. The van der Waals surface area contributed by atoms with Crippen LogP contribution < -0.4 is 5.01 Å². The Kier molecular flexibility index (Phi) is 3.84. The van der Waals surface area contributed by atoms with Gasteiger partial charge in [0.1, 0.15) is 10.4 Å². The number of halogens is 1. The van der Waals surface area contributed by atoms with Gasteiger partial charge in [0.15, 0.2) is 0 Å². The average molecular weight is 323 g/mol. The highest BCUT2D eigenvalue weighted by Crippen LogP contribution is 2.25. The molecule has 0 aromatic carbocycles. The Morgan fingerprint density at radius 1 is 1.32 bits per heavy atom. The maximum Gasteiger partial charge on any atom is 0.149 e. The van der Waals surface area contributed by atoms with Crippen molar-refractivity contribution in [3.05, 3.63) is 22.8 Å². The summed E-state index contributed by atoms with van der Waals surface area (Å²) in [5.74, 6) is 1.56. The second-order valence-electron chi connectivity index (χ2n) is 5.30. The number of pyridine rings is 1. The lowest BCUT2D eigenvalue weighted by Crippen LogP contribution is -2.31. The van der Waals surface area contributed by atoms with Crippen LogP contribution in [-0.2, 0) is 0 Å². The number of hydrogen-bond acceptors (Lipinski definition) is 4. The van der Waals surface area contributed by atoms with Crippen LogP contribution in [0.5, 0.6) is 0 Å². The Labute approximate surface area is 122 Å². The molecule has 2 bridgehead atoms. The molecule has 3 aliphatic heterocycles. The van der Waals surface area contributed by atoms with Crippen molar-refractivity contribution in [2.24, 2.45) is 11.0 Å². The molecule has 3 aliphatic rings. The van der Waals surface area contributed by atoms with Crippen LogP contribution in [0.2, 0.25) is 0 Å². The largest absolute Gasteiger partial charge is 0.303 e. The van der Waals surface area contributed by atoms with Crippen molar-refractivity contribution < 1.29 is 0 Å². The molecule has 0 N–H and O–H groups in total. The summed E-state index contributed by atoms with van der Waals surface area (Å²) in [6.07, 6.45) is 3.63. The summed E-state index contributed by atoms with van der Waals surface area (Å²) in [4.78, 5) is 7.00. The molecule has 19 heavy (non-hydrogen) atoms. The van der Waals surface area contributed by atoms with Gasteiger partial charge in [-0.3, -0.25) is 5.01 Å². The van der Waals surface area contributed by atoms with Crippen LogP contribution in [0.1, 0.15) is 19.3 Å². The van der Waals surface area contributed by atoms with Crippen molar-refractivity contribution in [3.8, 4) is 0 Å². The summed E-state index contributed by atoms with van der Waals surface area (Å²) in [7, 11) is 1.99. The van der Waals surface area contributed by atoms with E-state index in [1.54, 1.807) is 0 Å². The molecule has 0 unspecified atom stereocenters. The van der Waals surface area contributed by atoms with Gasteiger partial charge in [-0.2, -0.15) is 5.10 Å². The third-order valence-corrected chi connectivity index (χ3v) is 4.50. The summed E-state index contributed by atoms with van der Waals surface area (Å²) < 4.78 is 0.852. The molecule has 0 aliphatic carbocycles. The molecule has 0 spiro atoms. The smallest absolute Gasteiger partial charge is 0.149 e. The SMILES string of the molecule is CN(/N=C1/CCN2CCC1CC2)c1cccc(Br)n1. The predicted molar refractivity (Wildman–Crippen MR) is 81.6 cm³/mol. The van der Waals surface area contributed by atoms with Gasteiger partial charge in [0.2, 0.25) is 0 Å². The van der Waals surface area contributed by atoms with Crippen LogP contribution in [0.25, 0.3) is 0 Å². The number of hydrazone groups is 1. The fourth-order valence-corrected chi connectivity index (χ4v) is 3.25. The van der Waals surface area contributed by atoms with E-state index in [1.807, 2.05) is 30.3 Å². The molecule has 0 atom stereocenters. The third kappa shape index (κ3) is 2.98. The normalized spacial score (nSPS) is 28.4. The van der Waals surface area contributed by atoms with Gasteiger partial charge in [0.05, 0.1) is 0 Å². The number of anilines is 1. The van der Waals surface area contributed by atoms with E-state index in [0.29, 0.717) is 5.92 Å². The molecule has 0 radical (unpaired) electrons. The summed E-state index contributed by atoms with van der Waals surface area (Å²) >= 11 is 3.41. The van der Waals surface area contributed by atoms with Crippen LogP contribution in [-0.4, -0.2) is 42.3 Å². The molecule has 4 rings (SSSR count). The monoisotopic (exact) mass is 322 g/mol. The van der Waals surface area contributed by atoms with Crippen molar-refractivity contribution in [2.75, 3.05) is 31.7 Å². The highest BCUT2D eigenvalue weighted by Gasteiger charge is 2.28. The minimum absolute atomic E-state index is 0.674. The highest BCUT2D eigenvalue weighted by atomic mass is 79.9. The zero-order chi connectivity index (χ0) is 13.2. The van der Waals surface area contributed by atoms with E-state index in [1.165, 1.54) is 31.6 Å². The fourth-order valence-electron chi connectivity index (χ4n) is 2.92. The molecule has 0 saturated carbocycles. The lowest BCUT2D eigenvalue weighted by atomic mass is 9.93. The van der Waals surface area contributed by atoms with Gasteiger partial charge in [-0.05, 0) is 54.0 Å². The molecule has 1 aromatic rings. The summed E-state index contributed by atoms with van der Waals surface area (Å²) in [6.45, 7) is 3.64. The molecule has 102 valence electrons. The van der Waals surface area contributed by atoms with Crippen molar-refractivity contribution in [2.45, 2.75) is 19.3 Å². The lowest BCUT2D eigenvalue weighted by molar-refractivity contribution is 0.233. The molecule has 0 amide bonds. The minimum atomic E-state index is 0.674. The standard InChI is InChI=1S/C14H19BrN4/c1-18(14-4-2-3-13(15)16-14)17-12-7-10-19-8-5-11(12)6-9-19/h2-4,11H,5-10H2,1H3/b17-12-. The molecule has 5 heteroatoms. The van der Waals surface area contributed by atoms with E-state index < -0.39 is 0 Å². The maximum absolute atomic E-state index is 4.83. The fraction of sp³-hybridized carbons (Fsp3) is 0.571. The van der Waals surface area contributed by atoms with Gasteiger partial charge in [-0.1, -0.05) is 6.07 Å². The summed E-state index contributed by atoms with van der Waals surface area (Å²) in [6, 6.07) is 5.92. The number of nitrogens with zero attached hydrogens (tertiary/aromatic N) is 4. The van der Waals surface area contributed by atoms with Crippen molar-refractivity contribution in [1.82, 2.24) is 9.88 Å². The lowest BCUT2D eigenvalue weighted by Gasteiger charge is -2.26. The first-order valence-electron chi connectivity index (χ1n) is 6.88.